The van der Waals surface area contributed by atoms with Crippen molar-refractivity contribution >= 4 is 23.2 Å². The summed E-state index contributed by atoms with van der Waals surface area (Å²) in [5.74, 6) is -0.666. The molecule has 4 rings (SSSR count). The number of benzene rings is 4. The molecule has 0 aliphatic rings. The number of anilines is 2. The molecule has 2 amide bonds. The highest BCUT2D eigenvalue weighted by Gasteiger charge is 2.15. The van der Waals surface area contributed by atoms with Crippen molar-refractivity contribution < 1.29 is 14.8 Å². The number of aryl methyl sites for hydroxylation is 2. The first kappa shape index (κ1) is 22.0. The molecule has 4 aromatic rings. The number of carbonyl (C=O) groups is 2. The summed E-state index contributed by atoms with van der Waals surface area (Å²) in [5, 5.41) is 13.8. The van der Waals surface area contributed by atoms with E-state index in [2.05, 4.69) is 5.32 Å². The maximum absolute atomic E-state index is 12.8. The fourth-order valence-electron chi connectivity index (χ4n) is 3.57. The van der Waals surface area contributed by atoms with Crippen LogP contribution in [-0.2, 0) is 0 Å². The smallest absolute Gasteiger partial charge is 0.281 e. The lowest BCUT2D eigenvalue weighted by Crippen LogP contribution is -2.26. The molecule has 5 nitrogen and oxygen atoms in total. The number of nitrogens with zero attached hydrogens (tertiary/aromatic N) is 1. The fourth-order valence-corrected chi connectivity index (χ4v) is 3.57. The predicted molar refractivity (Wildman–Crippen MR) is 131 cm³/mol. The molecule has 0 unspecified atom stereocenters. The van der Waals surface area contributed by atoms with E-state index >= 15 is 0 Å². The molecule has 0 atom stereocenters. The van der Waals surface area contributed by atoms with Crippen molar-refractivity contribution in [1.82, 2.24) is 0 Å². The molecule has 0 aliphatic heterocycles. The van der Waals surface area contributed by atoms with E-state index in [1.807, 2.05) is 74.5 Å². The van der Waals surface area contributed by atoms with Crippen LogP contribution < -0.4 is 10.4 Å². The van der Waals surface area contributed by atoms with E-state index in [4.69, 9.17) is 0 Å². The third-order valence-electron chi connectivity index (χ3n) is 5.42. The minimum atomic E-state index is -0.512. The largest absolute Gasteiger partial charge is 0.322 e. The quantitative estimate of drug-likeness (QED) is 0.287. The van der Waals surface area contributed by atoms with Crippen LogP contribution in [0, 0.1) is 13.8 Å². The number of hydrogen-bond donors (Lipinski definition) is 2. The summed E-state index contributed by atoms with van der Waals surface area (Å²) in [6.45, 7) is 3.88. The number of amides is 2. The Bertz CT molecular complexity index is 1300. The SMILES string of the molecule is Cc1ccc(C)c(C(=O)Nc2cccc(-c3ccc(C(=O)N(O)c4ccccc4)cc3)c2)c1. The molecule has 164 valence electrons. The molecule has 33 heavy (non-hydrogen) atoms. The number of para-hydroxylation sites is 1. The molecule has 0 spiro atoms. The second kappa shape index (κ2) is 9.51. The Labute approximate surface area is 192 Å². The molecule has 4 aromatic carbocycles. The van der Waals surface area contributed by atoms with E-state index in [0.717, 1.165) is 22.3 Å². The van der Waals surface area contributed by atoms with Crippen molar-refractivity contribution in [2.45, 2.75) is 13.8 Å². The van der Waals surface area contributed by atoms with Gasteiger partial charge in [-0.3, -0.25) is 14.8 Å². The highest BCUT2D eigenvalue weighted by molar-refractivity contribution is 6.06. The summed E-state index contributed by atoms with van der Waals surface area (Å²) < 4.78 is 0. The third kappa shape index (κ3) is 5.00. The van der Waals surface area contributed by atoms with E-state index in [1.165, 1.54) is 0 Å². The van der Waals surface area contributed by atoms with Crippen LogP contribution in [0.15, 0.2) is 97.1 Å². The number of hydroxylamine groups is 1. The first-order valence-electron chi connectivity index (χ1n) is 10.6. The molecule has 0 saturated carbocycles. The van der Waals surface area contributed by atoms with E-state index in [-0.39, 0.29) is 5.91 Å². The molecule has 0 aromatic heterocycles. The van der Waals surface area contributed by atoms with Crippen LogP contribution >= 0.6 is 0 Å². The zero-order valence-corrected chi connectivity index (χ0v) is 18.4. The molecule has 0 saturated heterocycles. The average molecular weight is 437 g/mol. The zero-order valence-electron chi connectivity index (χ0n) is 18.4. The third-order valence-corrected chi connectivity index (χ3v) is 5.42. The number of nitrogens with one attached hydrogen (secondary N) is 1. The summed E-state index contributed by atoms with van der Waals surface area (Å²) in [6, 6.07) is 29.0. The molecule has 0 aliphatic carbocycles. The lowest BCUT2D eigenvalue weighted by atomic mass is 10.0. The monoisotopic (exact) mass is 436 g/mol. The molecule has 5 heteroatoms. The van der Waals surface area contributed by atoms with E-state index in [9.17, 15) is 14.8 Å². The van der Waals surface area contributed by atoms with Crippen molar-refractivity contribution in [2.24, 2.45) is 0 Å². The molecule has 0 fully saturated rings. The normalized spacial score (nSPS) is 10.5. The first-order valence-corrected chi connectivity index (χ1v) is 10.6. The van der Waals surface area contributed by atoms with Crippen LogP contribution in [0.3, 0.4) is 0 Å². The van der Waals surface area contributed by atoms with Crippen LogP contribution in [0.1, 0.15) is 31.8 Å². The Kier molecular flexibility index (Phi) is 6.33. The van der Waals surface area contributed by atoms with Gasteiger partial charge in [0.15, 0.2) is 0 Å². The second-order valence-corrected chi connectivity index (χ2v) is 7.88. The topological polar surface area (TPSA) is 69.6 Å². The van der Waals surface area contributed by atoms with Gasteiger partial charge in [0.05, 0.1) is 5.69 Å². The Morgan fingerprint density at radius 1 is 0.758 bits per heavy atom. The van der Waals surface area contributed by atoms with Crippen LogP contribution in [-0.4, -0.2) is 17.0 Å². The Hall–Kier alpha value is -4.22. The number of hydrogen-bond acceptors (Lipinski definition) is 3. The highest BCUT2D eigenvalue weighted by Crippen LogP contribution is 2.25. The van der Waals surface area contributed by atoms with E-state index in [1.54, 1.807) is 36.4 Å². The highest BCUT2D eigenvalue weighted by atomic mass is 16.5. The first-order chi connectivity index (χ1) is 15.9. The van der Waals surface area contributed by atoms with Crippen molar-refractivity contribution in [3.05, 3.63) is 119 Å². The van der Waals surface area contributed by atoms with Gasteiger partial charge in [0.2, 0.25) is 0 Å². The summed E-state index contributed by atoms with van der Waals surface area (Å²) in [5.41, 5.74) is 5.84. The van der Waals surface area contributed by atoms with Gasteiger partial charge in [0, 0.05) is 16.8 Å². The Balaban J connectivity index is 1.51. The summed E-state index contributed by atoms with van der Waals surface area (Å²) >= 11 is 0. The summed E-state index contributed by atoms with van der Waals surface area (Å²) in [6.07, 6.45) is 0. The van der Waals surface area contributed by atoms with Crippen LogP contribution in [0.2, 0.25) is 0 Å². The van der Waals surface area contributed by atoms with Gasteiger partial charge >= 0.3 is 0 Å². The molecule has 0 radical (unpaired) electrons. The van der Waals surface area contributed by atoms with Gasteiger partial charge in [0.25, 0.3) is 11.8 Å². The van der Waals surface area contributed by atoms with E-state index < -0.39 is 5.91 Å². The summed E-state index contributed by atoms with van der Waals surface area (Å²) in [4.78, 5) is 25.3. The van der Waals surface area contributed by atoms with Crippen molar-refractivity contribution in [3.8, 4) is 11.1 Å². The maximum Gasteiger partial charge on any atom is 0.281 e. The van der Waals surface area contributed by atoms with E-state index in [0.29, 0.717) is 27.6 Å². The van der Waals surface area contributed by atoms with Crippen LogP contribution in [0.5, 0.6) is 0 Å². The fraction of sp³-hybridized carbons (Fsp3) is 0.0714. The van der Waals surface area contributed by atoms with Gasteiger partial charge in [-0.1, -0.05) is 60.2 Å². The van der Waals surface area contributed by atoms with Gasteiger partial charge in [-0.05, 0) is 73.0 Å². The molecule has 2 N–H and O–H groups in total. The van der Waals surface area contributed by atoms with Crippen molar-refractivity contribution in [3.63, 3.8) is 0 Å². The Morgan fingerprint density at radius 3 is 2.21 bits per heavy atom. The number of rotatable bonds is 5. The van der Waals surface area contributed by atoms with Crippen LogP contribution in [0.4, 0.5) is 11.4 Å². The minimum Gasteiger partial charge on any atom is -0.322 e. The van der Waals surface area contributed by atoms with Gasteiger partial charge < -0.3 is 5.32 Å². The lowest BCUT2D eigenvalue weighted by Gasteiger charge is -2.15. The molecule has 0 bridgehead atoms. The van der Waals surface area contributed by atoms with Crippen LogP contribution in [0.25, 0.3) is 11.1 Å². The van der Waals surface area contributed by atoms with Gasteiger partial charge in [-0.25, -0.2) is 0 Å². The standard InChI is InChI=1S/C28H24N2O3/c1-19-11-12-20(2)26(17-19)27(31)29-24-8-6-7-23(18-24)21-13-15-22(16-14-21)28(32)30(33)25-9-4-3-5-10-25/h3-18,33H,1-2H3,(H,29,31). The predicted octanol–water partition coefficient (Wildman–Crippen LogP) is 6.26. The minimum absolute atomic E-state index is 0.154. The van der Waals surface area contributed by atoms with Gasteiger partial charge in [0.1, 0.15) is 0 Å². The zero-order chi connectivity index (χ0) is 23.4. The summed E-state index contributed by atoms with van der Waals surface area (Å²) in [7, 11) is 0. The molecular weight excluding hydrogens is 412 g/mol. The van der Waals surface area contributed by atoms with Gasteiger partial charge in [-0.2, -0.15) is 5.06 Å². The lowest BCUT2D eigenvalue weighted by molar-refractivity contribution is 0.0854. The Morgan fingerprint density at radius 2 is 1.48 bits per heavy atom. The van der Waals surface area contributed by atoms with Crippen molar-refractivity contribution in [1.29, 1.82) is 0 Å². The van der Waals surface area contributed by atoms with Crippen molar-refractivity contribution in [2.75, 3.05) is 10.4 Å². The maximum atomic E-state index is 12.8. The molecular formula is C28H24N2O3. The second-order valence-electron chi connectivity index (χ2n) is 7.88. The van der Waals surface area contributed by atoms with Gasteiger partial charge in [-0.15, -0.1) is 0 Å². The molecule has 0 heterocycles. The number of carbonyl (C=O) groups excluding carboxylic acids is 2. The average Bonchev–Trinajstić information content (AvgIpc) is 2.85.